The first-order valence-corrected chi connectivity index (χ1v) is 25.7. The number of hydrogen-bond acceptors (Lipinski definition) is 10. The molecule has 0 rings (SSSR count). The molecule has 0 aliphatic heterocycles. The maximum atomic E-state index is 6.51. The zero-order valence-electron chi connectivity index (χ0n) is 34.5. The number of ether oxygens (including phenoxy) is 6. The van der Waals surface area contributed by atoms with Crippen LogP contribution in [0.1, 0.15) is 198 Å². The quantitative estimate of drug-likeness (QED) is 0.0342. The van der Waals surface area contributed by atoms with Gasteiger partial charge in [-0.2, -0.15) is 0 Å². The Bertz CT molecular complexity index is 657. The van der Waals surface area contributed by atoms with Crippen LogP contribution >= 0.6 is 41.2 Å². The summed E-state index contributed by atoms with van der Waals surface area (Å²) < 4.78 is 38.3. The van der Waals surface area contributed by atoms with Gasteiger partial charge in [0.1, 0.15) is 9.49 Å². The molecule has 0 saturated heterocycles. The Labute approximate surface area is 326 Å². The lowest BCUT2D eigenvalue weighted by atomic mass is 9.93. The zero-order valence-corrected chi connectivity index (χ0v) is 37.7. The standard InChI is InChI=1S/C40H82O6S4/c1-11-21-23-25-27-29-31-33-35-37(13-3,39(41-15-5,42-16-6)43-17-7)47-49-50-48-38(14-4,36-34-32-30-28-26-24-22-12-2)40(44-18-8,45-19-9)46-20-10/h11-36H2,1-10H3. The fourth-order valence-electron chi connectivity index (χ4n) is 6.82. The maximum Gasteiger partial charge on any atom is 0.299 e. The van der Waals surface area contributed by atoms with E-state index >= 15 is 0 Å². The minimum atomic E-state index is -1.10. The van der Waals surface area contributed by atoms with Gasteiger partial charge in [-0.1, -0.05) is 152 Å². The normalized spacial score (nSPS) is 15.0. The molecule has 10 heteroatoms. The molecule has 0 aliphatic carbocycles. The summed E-state index contributed by atoms with van der Waals surface area (Å²) in [7, 11) is 7.40. The summed E-state index contributed by atoms with van der Waals surface area (Å²) >= 11 is 0. The van der Waals surface area contributed by atoms with Crippen molar-refractivity contribution < 1.29 is 28.4 Å². The molecule has 0 amide bonds. The van der Waals surface area contributed by atoms with Gasteiger partial charge in [-0.25, -0.2) is 0 Å². The molecule has 302 valence electrons. The van der Waals surface area contributed by atoms with Gasteiger partial charge in [0.15, 0.2) is 0 Å². The molecule has 0 aromatic heterocycles. The second-order valence-corrected chi connectivity index (χ2v) is 19.6. The largest absolute Gasteiger partial charge is 0.327 e. The van der Waals surface area contributed by atoms with Crippen LogP contribution in [0.5, 0.6) is 0 Å². The smallest absolute Gasteiger partial charge is 0.299 e. The van der Waals surface area contributed by atoms with Crippen molar-refractivity contribution in [3.05, 3.63) is 0 Å². The van der Waals surface area contributed by atoms with Crippen LogP contribution in [0, 0.1) is 0 Å². The van der Waals surface area contributed by atoms with Crippen molar-refractivity contribution in [1.82, 2.24) is 0 Å². The minimum Gasteiger partial charge on any atom is -0.327 e. The van der Waals surface area contributed by atoms with E-state index in [1.165, 1.54) is 89.9 Å². The lowest BCUT2D eigenvalue weighted by Crippen LogP contribution is -2.57. The Hall–Kier alpha value is 1.16. The minimum absolute atomic E-state index is 0.376. The molecule has 0 radical (unpaired) electrons. The molecule has 6 nitrogen and oxygen atoms in total. The van der Waals surface area contributed by atoms with Gasteiger partial charge >= 0.3 is 0 Å². The predicted molar refractivity (Wildman–Crippen MR) is 226 cm³/mol. The lowest BCUT2D eigenvalue weighted by Gasteiger charge is -2.48. The van der Waals surface area contributed by atoms with E-state index in [0.29, 0.717) is 39.6 Å². The second-order valence-electron chi connectivity index (χ2n) is 13.2. The highest BCUT2D eigenvalue weighted by Gasteiger charge is 2.57. The van der Waals surface area contributed by atoms with Gasteiger partial charge in [0, 0.05) is 39.6 Å². The summed E-state index contributed by atoms with van der Waals surface area (Å²) in [5.74, 6) is -2.20. The van der Waals surface area contributed by atoms with Crippen LogP contribution in [0.3, 0.4) is 0 Å². The van der Waals surface area contributed by atoms with Crippen molar-refractivity contribution in [1.29, 1.82) is 0 Å². The van der Waals surface area contributed by atoms with Gasteiger partial charge in [-0.3, -0.25) is 0 Å². The molecule has 0 aromatic rings. The molecule has 0 N–H and O–H groups in total. The van der Waals surface area contributed by atoms with Crippen molar-refractivity contribution >= 4 is 41.2 Å². The third-order valence-corrected chi connectivity index (χ3v) is 17.6. The molecule has 2 unspecified atom stereocenters. The van der Waals surface area contributed by atoms with Crippen LogP contribution < -0.4 is 0 Å². The Morgan fingerprint density at radius 1 is 0.320 bits per heavy atom. The van der Waals surface area contributed by atoms with Crippen LogP contribution in [0.4, 0.5) is 0 Å². The summed E-state index contributed by atoms with van der Waals surface area (Å²) in [6, 6.07) is 0. The van der Waals surface area contributed by atoms with Gasteiger partial charge in [-0.05, 0) is 86.9 Å². The average molecular weight is 787 g/mol. The third kappa shape index (κ3) is 17.7. The van der Waals surface area contributed by atoms with E-state index in [0.717, 1.165) is 38.5 Å². The summed E-state index contributed by atoms with van der Waals surface area (Å²) in [5.41, 5.74) is 0. The maximum absolute atomic E-state index is 6.51. The highest BCUT2D eigenvalue weighted by atomic mass is 33.7. The van der Waals surface area contributed by atoms with E-state index in [2.05, 4.69) is 27.7 Å². The first-order valence-electron chi connectivity index (χ1n) is 20.9. The van der Waals surface area contributed by atoms with Gasteiger partial charge < -0.3 is 28.4 Å². The molecule has 0 saturated carbocycles. The summed E-state index contributed by atoms with van der Waals surface area (Å²) in [6.45, 7) is 24.5. The van der Waals surface area contributed by atoms with Crippen molar-refractivity contribution in [2.75, 3.05) is 39.6 Å². The monoisotopic (exact) mass is 786 g/mol. The molecule has 0 heterocycles. The molecule has 0 spiro atoms. The van der Waals surface area contributed by atoms with Gasteiger partial charge in [-0.15, -0.1) is 0 Å². The fraction of sp³-hybridized carbons (Fsp3) is 1.00. The van der Waals surface area contributed by atoms with Crippen LogP contribution in [0.15, 0.2) is 0 Å². The van der Waals surface area contributed by atoms with E-state index in [4.69, 9.17) is 28.4 Å². The average Bonchev–Trinajstić information content (AvgIpc) is 3.11. The topological polar surface area (TPSA) is 55.4 Å². The Balaban J connectivity index is 6.17. The van der Waals surface area contributed by atoms with E-state index in [1.807, 2.05) is 82.8 Å². The Morgan fingerprint density at radius 2 is 0.560 bits per heavy atom. The summed E-state index contributed by atoms with van der Waals surface area (Å²) in [4.78, 5) is 0. The van der Waals surface area contributed by atoms with Crippen LogP contribution in [-0.4, -0.2) is 61.1 Å². The van der Waals surface area contributed by atoms with Gasteiger partial charge in [0.25, 0.3) is 11.9 Å². The first-order chi connectivity index (χ1) is 24.3. The predicted octanol–water partition coefficient (Wildman–Crippen LogP) is 14.5. The van der Waals surface area contributed by atoms with E-state index in [1.54, 1.807) is 0 Å². The molecule has 0 bridgehead atoms. The molecule has 0 aliphatic rings. The highest BCUT2D eigenvalue weighted by Crippen LogP contribution is 2.62. The molecular weight excluding hydrogens is 705 g/mol. The van der Waals surface area contributed by atoms with Gasteiger partial charge in [0.2, 0.25) is 0 Å². The SMILES string of the molecule is CCCCCCCCCCC(CC)(SSSSC(CC)(CCCCCCCCCC)C(OCC)(OCC)OCC)C(OCC)(OCC)OCC. The number of rotatable bonds is 39. The zero-order chi connectivity index (χ0) is 37.5. The summed E-state index contributed by atoms with van der Waals surface area (Å²) in [6.07, 6.45) is 24.3. The van der Waals surface area contributed by atoms with E-state index < -0.39 is 11.9 Å². The van der Waals surface area contributed by atoms with Crippen molar-refractivity contribution in [2.45, 2.75) is 219 Å². The Morgan fingerprint density at radius 3 is 0.780 bits per heavy atom. The van der Waals surface area contributed by atoms with Crippen LogP contribution in [0.25, 0.3) is 0 Å². The van der Waals surface area contributed by atoms with E-state index in [9.17, 15) is 0 Å². The fourth-order valence-corrected chi connectivity index (χ4v) is 15.5. The number of unbranched alkanes of at least 4 members (excludes halogenated alkanes) is 14. The lowest BCUT2D eigenvalue weighted by molar-refractivity contribution is -0.393. The van der Waals surface area contributed by atoms with Gasteiger partial charge in [0.05, 0.1) is 0 Å². The molecule has 2 atom stereocenters. The molecule has 0 aromatic carbocycles. The van der Waals surface area contributed by atoms with Crippen LogP contribution in [-0.2, 0) is 28.4 Å². The van der Waals surface area contributed by atoms with Crippen molar-refractivity contribution in [3.8, 4) is 0 Å². The second kappa shape index (κ2) is 32.4. The number of hydrogen-bond donors (Lipinski definition) is 0. The molecule has 0 fully saturated rings. The van der Waals surface area contributed by atoms with Crippen LogP contribution in [0.2, 0.25) is 0 Å². The molecule has 50 heavy (non-hydrogen) atoms. The Kier molecular flexibility index (Phi) is 33.2. The third-order valence-electron chi connectivity index (χ3n) is 9.55. The first kappa shape index (κ1) is 51.2. The van der Waals surface area contributed by atoms with E-state index in [-0.39, 0.29) is 9.49 Å². The van der Waals surface area contributed by atoms with Crippen molar-refractivity contribution in [3.63, 3.8) is 0 Å². The molecular formula is C40H82O6S4. The van der Waals surface area contributed by atoms with Crippen molar-refractivity contribution in [2.24, 2.45) is 0 Å². The summed E-state index contributed by atoms with van der Waals surface area (Å²) in [5, 5.41) is 0. The highest BCUT2D eigenvalue weighted by molar-refractivity contribution is 9.26.